The second-order valence-corrected chi connectivity index (χ2v) is 5.89. The second kappa shape index (κ2) is 6.88. The number of aromatic nitrogens is 2. The Labute approximate surface area is 121 Å². The van der Waals surface area contributed by atoms with E-state index in [0.29, 0.717) is 5.82 Å². The molecule has 0 unspecified atom stereocenters. The second-order valence-electron chi connectivity index (χ2n) is 5.89. The van der Waals surface area contributed by atoms with Gasteiger partial charge >= 0.3 is 0 Å². The standard InChI is InChI=1S/C15H26N4O/c1-10(2)14-18-13(16)11(3)15(19-14)17-7-4-8-20-9-12-5-6-12/h10,12H,4-9H2,1-3H3,(H3,16,17,18,19). The Hall–Kier alpha value is -1.36. The largest absolute Gasteiger partial charge is 0.383 e. The summed E-state index contributed by atoms with van der Waals surface area (Å²) in [6.45, 7) is 8.67. The molecule has 112 valence electrons. The summed E-state index contributed by atoms with van der Waals surface area (Å²) < 4.78 is 5.61. The van der Waals surface area contributed by atoms with Crippen molar-refractivity contribution in [1.29, 1.82) is 0 Å². The molecule has 0 atom stereocenters. The minimum absolute atomic E-state index is 0.278. The van der Waals surface area contributed by atoms with Crippen LogP contribution in [-0.2, 0) is 4.74 Å². The number of anilines is 2. The average molecular weight is 278 g/mol. The summed E-state index contributed by atoms with van der Waals surface area (Å²) in [5, 5.41) is 3.34. The van der Waals surface area contributed by atoms with Crippen LogP contribution in [-0.4, -0.2) is 29.7 Å². The molecule has 1 aliphatic rings. The summed E-state index contributed by atoms with van der Waals surface area (Å²) in [5.41, 5.74) is 6.86. The van der Waals surface area contributed by atoms with Gasteiger partial charge in [-0.2, -0.15) is 0 Å². The van der Waals surface area contributed by atoms with Gasteiger partial charge in [-0.3, -0.25) is 0 Å². The normalized spacial score (nSPS) is 14.8. The molecule has 0 radical (unpaired) electrons. The number of nitrogen functional groups attached to an aromatic ring is 1. The van der Waals surface area contributed by atoms with E-state index in [-0.39, 0.29) is 5.92 Å². The smallest absolute Gasteiger partial charge is 0.135 e. The molecule has 1 fully saturated rings. The lowest BCUT2D eigenvalue weighted by Gasteiger charge is -2.13. The third-order valence-electron chi connectivity index (χ3n) is 3.53. The highest BCUT2D eigenvalue weighted by atomic mass is 16.5. The minimum atomic E-state index is 0.278. The Morgan fingerprint density at radius 2 is 2.10 bits per heavy atom. The molecule has 1 aromatic rings. The lowest BCUT2D eigenvalue weighted by molar-refractivity contribution is 0.124. The first kappa shape index (κ1) is 15.0. The quantitative estimate of drug-likeness (QED) is 0.715. The molecule has 1 saturated carbocycles. The summed E-state index contributed by atoms with van der Waals surface area (Å²) in [6.07, 6.45) is 3.67. The zero-order valence-electron chi connectivity index (χ0n) is 12.8. The van der Waals surface area contributed by atoms with E-state index in [2.05, 4.69) is 29.1 Å². The topological polar surface area (TPSA) is 73.1 Å². The van der Waals surface area contributed by atoms with Gasteiger partial charge in [-0.1, -0.05) is 13.8 Å². The summed E-state index contributed by atoms with van der Waals surface area (Å²) in [5.74, 6) is 3.32. The van der Waals surface area contributed by atoms with Crippen molar-refractivity contribution < 1.29 is 4.74 Å². The van der Waals surface area contributed by atoms with Crippen LogP contribution in [0.3, 0.4) is 0 Å². The zero-order chi connectivity index (χ0) is 14.5. The first-order chi connectivity index (χ1) is 9.58. The van der Waals surface area contributed by atoms with Gasteiger partial charge in [0.25, 0.3) is 0 Å². The van der Waals surface area contributed by atoms with Crippen molar-refractivity contribution in [2.45, 2.75) is 46.0 Å². The van der Waals surface area contributed by atoms with Crippen molar-refractivity contribution in [3.8, 4) is 0 Å². The minimum Gasteiger partial charge on any atom is -0.383 e. The lowest BCUT2D eigenvalue weighted by Crippen LogP contribution is -2.12. The summed E-state index contributed by atoms with van der Waals surface area (Å²) in [6, 6.07) is 0. The van der Waals surface area contributed by atoms with Crippen molar-refractivity contribution in [2.24, 2.45) is 5.92 Å². The molecule has 1 aliphatic carbocycles. The van der Waals surface area contributed by atoms with Crippen LogP contribution in [0.1, 0.15) is 50.4 Å². The van der Waals surface area contributed by atoms with Crippen molar-refractivity contribution >= 4 is 11.6 Å². The van der Waals surface area contributed by atoms with E-state index in [1.54, 1.807) is 0 Å². The van der Waals surface area contributed by atoms with Crippen LogP contribution < -0.4 is 11.1 Å². The van der Waals surface area contributed by atoms with Crippen molar-refractivity contribution in [2.75, 3.05) is 30.8 Å². The van der Waals surface area contributed by atoms with Crippen molar-refractivity contribution in [3.05, 3.63) is 11.4 Å². The number of nitrogens with one attached hydrogen (secondary N) is 1. The van der Waals surface area contributed by atoms with Gasteiger partial charge in [0.2, 0.25) is 0 Å². The molecule has 0 bridgehead atoms. The monoisotopic (exact) mass is 278 g/mol. The van der Waals surface area contributed by atoms with Crippen LogP contribution in [0.15, 0.2) is 0 Å². The Kier molecular flexibility index (Phi) is 5.17. The first-order valence-corrected chi connectivity index (χ1v) is 7.53. The maximum Gasteiger partial charge on any atom is 0.135 e. The number of hydrogen-bond donors (Lipinski definition) is 2. The van der Waals surface area contributed by atoms with Crippen LogP contribution in [0.4, 0.5) is 11.6 Å². The van der Waals surface area contributed by atoms with Crippen LogP contribution in [0.25, 0.3) is 0 Å². The molecule has 1 aromatic heterocycles. The zero-order valence-corrected chi connectivity index (χ0v) is 12.8. The van der Waals surface area contributed by atoms with Gasteiger partial charge in [0.05, 0.1) is 0 Å². The molecular formula is C15H26N4O. The number of ether oxygens (including phenoxy) is 1. The fourth-order valence-electron chi connectivity index (χ4n) is 1.90. The molecule has 20 heavy (non-hydrogen) atoms. The fraction of sp³-hybridized carbons (Fsp3) is 0.733. The van der Waals surface area contributed by atoms with Gasteiger partial charge in [0.1, 0.15) is 17.5 Å². The van der Waals surface area contributed by atoms with Crippen molar-refractivity contribution in [1.82, 2.24) is 9.97 Å². The molecular weight excluding hydrogens is 252 g/mol. The molecule has 2 rings (SSSR count). The first-order valence-electron chi connectivity index (χ1n) is 7.53. The number of nitrogens with zero attached hydrogens (tertiary/aromatic N) is 2. The average Bonchev–Trinajstić information content (AvgIpc) is 3.22. The van der Waals surface area contributed by atoms with E-state index >= 15 is 0 Å². The van der Waals surface area contributed by atoms with Gasteiger partial charge in [-0.15, -0.1) is 0 Å². The number of nitrogens with two attached hydrogens (primary N) is 1. The molecule has 0 amide bonds. The third-order valence-corrected chi connectivity index (χ3v) is 3.53. The molecule has 0 aliphatic heterocycles. The van der Waals surface area contributed by atoms with Gasteiger partial charge in [-0.25, -0.2) is 9.97 Å². The number of rotatable bonds is 8. The van der Waals surface area contributed by atoms with Gasteiger partial charge in [0.15, 0.2) is 0 Å². The summed E-state index contributed by atoms with van der Waals surface area (Å²) in [7, 11) is 0. The predicted molar refractivity (Wildman–Crippen MR) is 81.9 cm³/mol. The Morgan fingerprint density at radius 1 is 1.35 bits per heavy atom. The summed E-state index contributed by atoms with van der Waals surface area (Å²) in [4.78, 5) is 8.86. The molecule has 5 nitrogen and oxygen atoms in total. The van der Waals surface area contributed by atoms with E-state index in [9.17, 15) is 0 Å². The highest BCUT2D eigenvalue weighted by molar-refractivity contribution is 5.54. The highest BCUT2D eigenvalue weighted by Gasteiger charge is 2.20. The van der Waals surface area contributed by atoms with E-state index in [1.165, 1.54) is 12.8 Å². The molecule has 0 saturated heterocycles. The molecule has 1 heterocycles. The fourth-order valence-corrected chi connectivity index (χ4v) is 1.90. The summed E-state index contributed by atoms with van der Waals surface area (Å²) >= 11 is 0. The van der Waals surface area contributed by atoms with Crippen LogP contribution in [0.5, 0.6) is 0 Å². The van der Waals surface area contributed by atoms with E-state index in [0.717, 1.165) is 49.3 Å². The highest BCUT2D eigenvalue weighted by Crippen LogP contribution is 2.28. The van der Waals surface area contributed by atoms with Crippen LogP contribution >= 0.6 is 0 Å². The van der Waals surface area contributed by atoms with Crippen LogP contribution in [0.2, 0.25) is 0 Å². The Balaban J connectivity index is 1.78. The number of hydrogen-bond acceptors (Lipinski definition) is 5. The van der Waals surface area contributed by atoms with Gasteiger partial charge < -0.3 is 15.8 Å². The van der Waals surface area contributed by atoms with Gasteiger partial charge in [0, 0.05) is 31.2 Å². The van der Waals surface area contributed by atoms with Crippen LogP contribution in [0, 0.1) is 12.8 Å². The molecule has 3 N–H and O–H groups in total. The molecule has 0 spiro atoms. The Morgan fingerprint density at radius 3 is 2.75 bits per heavy atom. The van der Waals surface area contributed by atoms with E-state index in [4.69, 9.17) is 10.5 Å². The molecule has 0 aromatic carbocycles. The molecule has 5 heteroatoms. The third kappa shape index (κ3) is 4.34. The maximum atomic E-state index is 5.94. The lowest BCUT2D eigenvalue weighted by atomic mass is 10.2. The Bertz CT molecular complexity index is 444. The van der Waals surface area contributed by atoms with E-state index in [1.807, 2.05) is 6.92 Å². The maximum absolute atomic E-state index is 5.94. The SMILES string of the molecule is Cc1c(N)nc(C(C)C)nc1NCCCOCC1CC1. The predicted octanol–water partition coefficient (Wildman–Crippen LogP) is 2.72. The van der Waals surface area contributed by atoms with Gasteiger partial charge in [-0.05, 0) is 32.1 Å². The van der Waals surface area contributed by atoms with Crippen molar-refractivity contribution in [3.63, 3.8) is 0 Å². The van der Waals surface area contributed by atoms with E-state index < -0.39 is 0 Å².